The predicted octanol–water partition coefficient (Wildman–Crippen LogP) is 1.80. The molecule has 0 aliphatic carbocycles. The Bertz CT molecular complexity index is 919. The van der Waals surface area contributed by atoms with Gasteiger partial charge in [0.25, 0.3) is 0 Å². The van der Waals surface area contributed by atoms with Gasteiger partial charge in [0, 0.05) is 5.56 Å². The summed E-state index contributed by atoms with van der Waals surface area (Å²) in [4.78, 5) is 39.7. The third-order valence-electron chi connectivity index (χ3n) is 5.15. The summed E-state index contributed by atoms with van der Waals surface area (Å²) in [6, 6.07) is 17.0. The van der Waals surface area contributed by atoms with Gasteiger partial charge < -0.3 is 14.6 Å². The molecule has 0 aromatic heterocycles. The minimum atomic E-state index is -1.36. The van der Waals surface area contributed by atoms with E-state index in [4.69, 9.17) is 9.47 Å². The molecule has 2 aliphatic rings. The molecular formula is C21H20N2O6. The number of ether oxygens (including phenoxy) is 2. The Morgan fingerprint density at radius 1 is 1.10 bits per heavy atom. The summed E-state index contributed by atoms with van der Waals surface area (Å²) in [5.41, 5.74) is 0.0788. The van der Waals surface area contributed by atoms with Crippen LogP contribution in [0.3, 0.4) is 0 Å². The molecule has 0 spiro atoms. The smallest absolute Gasteiger partial charge is 0.410 e. The van der Waals surface area contributed by atoms with Gasteiger partial charge in [-0.25, -0.2) is 9.59 Å². The number of fused-ring (bicyclic) bond motifs is 1. The van der Waals surface area contributed by atoms with Crippen molar-refractivity contribution in [1.29, 1.82) is 0 Å². The van der Waals surface area contributed by atoms with Gasteiger partial charge in [-0.15, -0.1) is 0 Å². The number of amides is 2. The molecule has 2 aromatic rings. The van der Waals surface area contributed by atoms with Crippen LogP contribution in [0.15, 0.2) is 60.7 Å². The van der Waals surface area contributed by atoms with E-state index in [1.54, 1.807) is 24.3 Å². The minimum Gasteiger partial charge on any atom is -0.480 e. The third-order valence-corrected chi connectivity index (χ3v) is 5.15. The first-order valence-corrected chi connectivity index (χ1v) is 9.21. The van der Waals surface area contributed by atoms with Crippen molar-refractivity contribution in [2.45, 2.75) is 18.4 Å². The largest absolute Gasteiger partial charge is 0.480 e. The summed E-state index contributed by atoms with van der Waals surface area (Å²) < 4.78 is 11.3. The van der Waals surface area contributed by atoms with E-state index < -0.39 is 29.7 Å². The second kappa shape index (κ2) is 7.56. The highest BCUT2D eigenvalue weighted by Gasteiger charge is 2.58. The Balaban J connectivity index is 1.59. The summed E-state index contributed by atoms with van der Waals surface area (Å²) in [6.07, 6.45) is -0.653. The van der Waals surface area contributed by atoms with E-state index in [-0.39, 0.29) is 26.3 Å². The van der Waals surface area contributed by atoms with E-state index in [9.17, 15) is 19.5 Å². The monoisotopic (exact) mass is 396 g/mol. The molecule has 0 saturated carbocycles. The van der Waals surface area contributed by atoms with Crippen LogP contribution >= 0.6 is 0 Å². The maximum atomic E-state index is 12.9. The van der Waals surface area contributed by atoms with Gasteiger partial charge >= 0.3 is 12.1 Å². The Hall–Kier alpha value is -3.39. The lowest BCUT2D eigenvalue weighted by atomic mass is 9.97. The van der Waals surface area contributed by atoms with Gasteiger partial charge in [0.15, 0.2) is 11.8 Å². The van der Waals surface area contributed by atoms with Crippen molar-refractivity contribution in [1.82, 2.24) is 9.80 Å². The fraction of sp³-hybridized carbons (Fsp3) is 0.286. The van der Waals surface area contributed by atoms with E-state index in [2.05, 4.69) is 0 Å². The number of carboxylic acid groups (broad SMARTS) is 1. The fourth-order valence-electron chi connectivity index (χ4n) is 3.80. The number of benzene rings is 2. The summed E-state index contributed by atoms with van der Waals surface area (Å²) in [6.45, 7) is -0.358. The maximum absolute atomic E-state index is 12.9. The lowest BCUT2D eigenvalue weighted by molar-refractivity contribution is -0.174. The van der Waals surface area contributed by atoms with Crippen LogP contribution in [0.2, 0.25) is 0 Å². The summed E-state index contributed by atoms with van der Waals surface area (Å²) in [5, 5.41) is 9.54. The standard InChI is InChI=1S/C21H20N2O6/c24-18-11-22(20(27)28-12-15-7-3-1-4-8-15)14-21(16-9-5-2-6-10-16)23(18)17(13-29-21)19(25)26/h1-10,17H,11-14H2,(H,25,26)/t17-,21+/m0/s1. The molecule has 2 aromatic carbocycles. The molecule has 0 radical (unpaired) electrons. The number of piperazine rings is 1. The number of carboxylic acids is 1. The highest BCUT2D eigenvalue weighted by atomic mass is 16.6. The zero-order valence-corrected chi connectivity index (χ0v) is 15.6. The molecule has 29 heavy (non-hydrogen) atoms. The number of carbonyl (C=O) groups is 3. The molecule has 2 atom stereocenters. The maximum Gasteiger partial charge on any atom is 0.410 e. The van der Waals surface area contributed by atoms with Crippen molar-refractivity contribution in [3.05, 3.63) is 71.8 Å². The Morgan fingerprint density at radius 3 is 2.41 bits per heavy atom. The van der Waals surface area contributed by atoms with E-state index in [1.807, 2.05) is 36.4 Å². The van der Waals surface area contributed by atoms with Gasteiger partial charge in [-0.2, -0.15) is 0 Å². The quantitative estimate of drug-likeness (QED) is 0.847. The highest BCUT2D eigenvalue weighted by Crippen LogP contribution is 2.41. The average Bonchev–Trinajstić information content (AvgIpc) is 3.15. The normalized spacial score (nSPS) is 23.6. The molecule has 150 valence electrons. The summed E-state index contributed by atoms with van der Waals surface area (Å²) in [7, 11) is 0. The topological polar surface area (TPSA) is 96.4 Å². The second-order valence-electron chi connectivity index (χ2n) is 6.98. The first kappa shape index (κ1) is 18.9. The third kappa shape index (κ3) is 3.42. The van der Waals surface area contributed by atoms with Gasteiger partial charge in [-0.05, 0) is 5.56 Å². The van der Waals surface area contributed by atoms with Gasteiger partial charge in [-0.1, -0.05) is 60.7 Å². The van der Waals surface area contributed by atoms with Crippen LogP contribution in [-0.2, 0) is 31.4 Å². The predicted molar refractivity (Wildman–Crippen MR) is 101 cm³/mol. The number of hydrogen-bond acceptors (Lipinski definition) is 5. The van der Waals surface area contributed by atoms with Crippen molar-refractivity contribution in [2.75, 3.05) is 19.7 Å². The van der Waals surface area contributed by atoms with E-state index in [0.717, 1.165) is 5.56 Å². The van der Waals surface area contributed by atoms with Crippen LogP contribution in [0, 0.1) is 0 Å². The van der Waals surface area contributed by atoms with Crippen LogP contribution in [-0.4, -0.2) is 58.6 Å². The molecular weight excluding hydrogens is 376 g/mol. The van der Waals surface area contributed by atoms with Crippen molar-refractivity contribution in [2.24, 2.45) is 0 Å². The van der Waals surface area contributed by atoms with E-state index >= 15 is 0 Å². The Kier molecular flexibility index (Phi) is 4.94. The van der Waals surface area contributed by atoms with Crippen LogP contribution < -0.4 is 0 Å². The number of hydrogen-bond donors (Lipinski definition) is 1. The van der Waals surface area contributed by atoms with E-state index in [1.165, 1.54) is 9.80 Å². The minimum absolute atomic E-state index is 0.0137. The van der Waals surface area contributed by atoms with Crippen LogP contribution in [0.4, 0.5) is 4.79 Å². The molecule has 2 fully saturated rings. The van der Waals surface area contributed by atoms with Crippen molar-refractivity contribution >= 4 is 18.0 Å². The Morgan fingerprint density at radius 2 is 1.76 bits per heavy atom. The molecule has 2 saturated heterocycles. The fourth-order valence-corrected chi connectivity index (χ4v) is 3.80. The van der Waals surface area contributed by atoms with Gasteiger partial charge in [0.1, 0.15) is 13.2 Å². The number of carbonyl (C=O) groups excluding carboxylic acids is 2. The summed E-state index contributed by atoms with van der Waals surface area (Å²) in [5.74, 6) is -1.64. The van der Waals surface area contributed by atoms with Crippen LogP contribution in [0.1, 0.15) is 11.1 Å². The van der Waals surface area contributed by atoms with Gasteiger partial charge in [0.2, 0.25) is 5.91 Å². The molecule has 2 heterocycles. The lowest BCUT2D eigenvalue weighted by Gasteiger charge is -2.45. The number of rotatable bonds is 4. The molecule has 8 nitrogen and oxygen atoms in total. The molecule has 8 heteroatoms. The zero-order chi connectivity index (χ0) is 20.4. The second-order valence-corrected chi connectivity index (χ2v) is 6.98. The molecule has 0 unspecified atom stereocenters. The number of nitrogens with zero attached hydrogens (tertiary/aromatic N) is 2. The molecule has 4 rings (SSSR count). The van der Waals surface area contributed by atoms with E-state index in [0.29, 0.717) is 5.56 Å². The van der Waals surface area contributed by atoms with Gasteiger partial charge in [0.05, 0.1) is 13.2 Å². The average molecular weight is 396 g/mol. The first-order valence-electron chi connectivity index (χ1n) is 9.21. The molecule has 2 amide bonds. The van der Waals surface area contributed by atoms with Gasteiger partial charge in [-0.3, -0.25) is 14.6 Å². The number of aliphatic carboxylic acids is 1. The molecule has 1 N–H and O–H groups in total. The first-order chi connectivity index (χ1) is 14.0. The summed E-state index contributed by atoms with van der Waals surface area (Å²) >= 11 is 0. The molecule has 0 bridgehead atoms. The lowest BCUT2D eigenvalue weighted by Crippen LogP contribution is -2.64. The van der Waals surface area contributed by atoms with Crippen LogP contribution in [0.5, 0.6) is 0 Å². The SMILES string of the molecule is O=C(O)[C@@H]1CO[C@@]2(c3ccccc3)CN(C(=O)OCc3ccccc3)CC(=O)N12. The zero-order valence-electron chi connectivity index (χ0n) is 15.6. The Labute approximate surface area is 167 Å². The highest BCUT2D eigenvalue weighted by molar-refractivity contribution is 5.89. The van der Waals surface area contributed by atoms with Crippen molar-refractivity contribution in [3.8, 4) is 0 Å². The molecule has 2 aliphatic heterocycles. The van der Waals surface area contributed by atoms with Crippen molar-refractivity contribution in [3.63, 3.8) is 0 Å². The van der Waals surface area contributed by atoms with Crippen LogP contribution in [0.25, 0.3) is 0 Å². The van der Waals surface area contributed by atoms with Crippen molar-refractivity contribution < 1.29 is 29.0 Å².